The fourth-order valence-electron chi connectivity index (χ4n) is 1.97. The maximum Gasteiger partial charge on any atom is 0.0545 e. The van der Waals surface area contributed by atoms with Crippen molar-refractivity contribution in [3.63, 3.8) is 0 Å². The van der Waals surface area contributed by atoms with Crippen LogP contribution in [-0.4, -0.2) is 11.2 Å². The van der Waals surface area contributed by atoms with Crippen molar-refractivity contribution in [3.8, 4) is 0 Å². The predicted octanol–water partition coefficient (Wildman–Crippen LogP) is 4.56. The van der Waals surface area contributed by atoms with Crippen LogP contribution in [0.4, 0.5) is 0 Å². The highest BCUT2D eigenvalue weighted by Crippen LogP contribution is 2.19. The van der Waals surface area contributed by atoms with Gasteiger partial charge < -0.3 is 5.11 Å². The average Bonchev–Trinajstić information content (AvgIpc) is 2.16. The molecule has 0 aliphatic heterocycles. The molecule has 0 radical (unpaired) electrons. The zero-order chi connectivity index (χ0) is 12.6. The topological polar surface area (TPSA) is 20.2 Å². The second kappa shape index (κ2) is 8.81. The van der Waals surface area contributed by atoms with Crippen LogP contribution in [0.15, 0.2) is 11.6 Å². The fourth-order valence-corrected chi connectivity index (χ4v) is 1.97. The van der Waals surface area contributed by atoms with Crippen molar-refractivity contribution in [2.24, 2.45) is 11.8 Å². The molecular weight excluding hydrogens is 196 g/mol. The summed E-state index contributed by atoms with van der Waals surface area (Å²) in [5.41, 5.74) is 1.40. The van der Waals surface area contributed by atoms with Gasteiger partial charge in [0.15, 0.2) is 0 Å². The van der Waals surface area contributed by atoms with Crippen molar-refractivity contribution in [2.75, 3.05) is 0 Å². The van der Waals surface area contributed by atoms with E-state index in [1.807, 2.05) is 0 Å². The zero-order valence-corrected chi connectivity index (χ0v) is 11.8. The predicted molar refractivity (Wildman–Crippen MR) is 72.5 cm³/mol. The summed E-state index contributed by atoms with van der Waals surface area (Å²) in [6, 6.07) is 0. The summed E-state index contributed by atoms with van der Waals surface area (Å²) in [5.74, 6) is 1.29. The Bertz CT molecular complexity index is 192. The largest absolute Gasteiger partial charge is 0.393 e. The lowest BCUT2D eigenvalue weighted by atomic mass is 9.92. The zero-order valence-electron chi connectivity index (χ0n) is 11.8. The lowest BCUT2D eigenvalue weighted by Gasteiger charge is -2.18. The van der Waals surface area contributed by atoms with E-state index < -0.39 is 0 Å². The smallest absolute Gasteiger partial charge is 0.0545 e. The minimum atomic E-state index is -0.100. The molecule has 0 aromatic rings. The van der Waals surface area contributed by atoms with Gasteiger partial charge >= 0.3 is 0 Å². The Morgan fingerprint density at radius 3 is 2.19 bits per heavy atom. The highest BCUT2D eigenvalue weighted by molar-refractivity contribution is 4.92. The lowest BCUT2D eigenvalue weighted by molar-refractivity contribution is 0.117. The van der Waals surface area contributed by atoms with E-state index in [1.165, 1.54) is 18.4 Å². The first-order valence-electron chi connectivity index (χ1n) is 6.77. The van der Waals surface area contributed by atoms with E-state index >= 15 is 0 Å². The summed E-state index contributed by atoms with van der Waals surface area (Å²) in [6.45, 7) is 10.9. The molecule has 3 atom stereocenters. The minimum absolute atomic E-state index is 0.100. The summed E-state index contributed by atoms with van der Waals surface area (Å²) in [7, 11) is 0. The highest BCUT2D eigenvalue weighted by Gasteiger charge is 2.12. The van der Waals surface area contributed by atoms with Crippen LogP contribution in [0.1, 0.15) is 66.7 Å². The van der Waals surface area contributed by atoms with E-state index in [9.17, 15) is 5.11 Å². The summed E-state index contributed by atoms with van der Waals surface area (Å²) >= 11 is 0. The maximum absolute atomic E-state index is 9.91. The van der Waals surface area contributed by atoms with Crippen molar-refractivity contribution >= 4 is 0 Å². The number of hydrogen-bond donors (Lipinski definition) is 1. The van der Waals surface area contributed by atoms with Crippen LogP contribution >= 0.6 is 0 Å². The third-order valence-corrected chi connectivity index (χ3v) is 3.26. The molecule has 0 aromatic carbocycles. The molecule has 0 saturated carbocycles. The fraction of sp³-hybridized carbons (Fsp3) is 0.867. The number of aliphatic hydroxyl groups is 1. The molecule has 0 aliphatic carbocycles. The summed E-state index contributed by atoms with van der Waals surface area (Å²) in [5, 5.41) is 9.91. The van der Waals surface area contributed by atoms with Crippen LogP contribution in [0, 0.1) is 11.8 Å². The monoisotopic (exact) mass is 226 g/mol. The molecule has 16 heavy (non-hydrogen) atoms. The molecule has 0 bridgehead atoms. The van der Waals surface area contributed by atoms with Crippen molar-refractivity contribution in [2.45, 2.75) is 72.8 Å². The quantitative estimate of drug-likeness (QED) is 0.602. The van der Waals surface area contributed by atoms with E-state index in [2.05, 4.69) is 40.7 Å². The molecule has 0 aliphatic rings. The third kappa shape index (κ3) is 8.96. The molecule has 0 rings (SSSR count). The van der Waals surface area contributed by atoms with Gasteiger partial charge in [-0.2, -0.15) is 0 Å². The molecule has 0 amide bonds. The van der Waals surface area contributed by atoms with Gasteiger partial charge in [-0.3, -0.25) is 0 Å². The van der Waals surface area contributed by atoms with E-state index in [1.54, 1.807) is 0 Å². The normalized spacial score (nSPS) is 16.6. The molecule has 0 spiro atoms. The van der Waals surface area contributed by atoms with Gasteiger partial charge in [-0.15, -0.1) is 0 Å². The SMILES string of the molecule is CC[C@@H](C)C[C@@H](O)C[C@@H](C)CCC=C(C)C. The van der Waals surface area contributed by atoms with E-state index in [0.717, 1.165) is 19.3 Å². The van der Waals surface area contributed by atoms with Gasteiger partial charge in [0.2, 0.25) is 0 Å². The van der Waals surface area contributed by atoms with Crippen LogP contribution < -0.4 is 0 Å². The highest BCUT2D eigenvalue weighted by atomic mass is 16.3. The van der Waals surface area contributed by atoms with Gasteiger partial charge in [0, 0.05) is 0 Å². The van der Waals surface area contributed by atoms with Crippen molar-refractivity contribution < 1.29 is 5.11 Å². The van der Waals surface area contributed by atoms with Gasteiger partial charge in [-0.05, 0) is 51.4 Å². The van der Waals surface area contributed by atoms with Crippen molar-refractivity contribution in [1.82, 2.24) is 0 Å². The first kappa shape index (κ1) is 15.7. The van der Waals surface area contributed by atoms with Gasteiger partial charge in [-0.1, -0.05) is 38.8 Å². The molecule has 0 saturated heterocycles. The van der Waals surface area contributed by atoms with E-state index in [-0.39, 0.29) is 6.10 Å². The molecule has 96 valence electrons. The molecule has 1 nitrogen and oxygen atoms in total. The number of hydrogen-bond acceptors (Lipinski definition) is 1. The van der Waals surface area contributed by atoms with Crippen LogP contribution in [-0.2, 0) is 0 Å². The van der Waals surface area contributed by atoms with Crippen molar-refractivity contribution in [1.29, 1.82) is 0 Å². The molecule has 1 N–H and O–H groups in total. The molecule has 0 aromatic heterocycles. The molecule has 0 fully saturated rings. The second-order valence-electron chi connectivity index (χ2n) is 5.60. The summed E-state index contributed by atoms with van der Waals surface area (Å²) < 4.78 is 0. The van der Waals surface area contributed by atoms with Crippen LogP contribution in [0.2, 0.25) is 0 Å². The average molecular weight is 226 g/mol. The van der Waals surface area contributed by atoms with E-state index in [4.69, 9.17) is 0 Å². The molecule has 1 heteroatoms. The van der Waals surface area contributed by atoms with Crippen LogP contribution in [0.25, 0.3) is 0 Å². The number of rotatable bonds is 8. The van der Waals surface area contributed by atoms with Crippen molar-refractivity contribution in [3.05, 3.63) is 11.6 Å². The minimum Gasteiger partial charge on any atom is -0.393 e. The Balaban J connectivity index is 3.69. The molecular formula is C15H30O. The Morgan fingerprint density at radius 2 is 1.69 bits per heavy atom. The van der Waals surface area contributed by atoms with E-state index in [0.29, 0.717) is 11.8 Å². The number of aliphatic hydroxyl groups excluding tert-OH is 1. The summed E-state index contributed by atoms with van der Waals surface area (Å²) in [6.07, 6.45) is 7.63. The Kier molecular flexibility index (Phi) is 8.64. The Hall–Kier alpha value is -0.300. The van der Waals surface area contributed by atoms with Gasteiger partial charge in [0.25, 0.3) is 0 Å². The van der Waals surface area contributed by atoms with Crippen LogP contribution in [0.3, 0.4) is 0 Å². The summed E-state index contributed by atoms with van der Waals surface area (Å²) in [4.78, 5) is 0. The Morgan fingerprint density at radius 1 is 1.12 bits per heavy atom. The molecule has 0 heterocycles. The maximum atomic E-state index is 9.91. The Labute approximate surface area is 102 Å². The van der Waals surface area contributed by atoms with Gasteiger partial charge in [0.05, 0.1) is 6.10 Å². The van der Waals surface area contributed by atoms with Crippen LogP contribution in [0.5, 0.6) is 0 Å². The second-order valence-corrected chi connectivity index (χ2v) is 5.60. The standard InChI is InChI=1S/C15H30O/c1-6-13(4)10-15(16)11-14(5)9-7-8-12(2)3/h8,13-16H,6-7,9-11H2,1-5H3/t13-,14+,15-/m1/s1. The van der Waals surface area contributed by atoms with Gasteiger partial charge in [0.1, 0.15) is 0 Å². The molecule has 0 unspecified atom stereocenters. The first-order valence-corrected chi connectivity index (χ1v) is 6.77. The van der Waals surface area contributed by atoms with Gasteiger partial charge in [-0.25, -0.2) is 0 Å². The number of allylic oxidation sites excluding steroid dienone is 2. The first-order chi connectivity index (χ1) is 7.45. The third-order valence-electron chi connectivity index (χ3n) is 3.26. The lowest BCUT2D eigenvalue weighted by Crippen LogP contribution is -2.15.